The number of ether oxygens (including phenoxy) is 1. The van der Waals surface area contributed by atoms with Gasteiger partial charge in [-0.05, 0) is 38.6 Å². The van der Waals surface area contributed by atoms with Gasteiger partial charge in [-0.15, -0.1) is 0 Å². The molecular weight excluding hydrogens is 228 g/mol. The zero-order chi connectivity index (χ0) is 13.6. The summed E-state index contributed by atoms with van der Waals surface area (Å²) in [6, 6.07) is 0. The molecule has 4 heteroatoms. The second-order valence-electron chi connectivity index (χ2n) is 5.79. The molecule has 0 aliphatic carbocycles. The number of rotatable bonds is 5. The lowest BCUT2D eigenvalue weighted by Gasteiger charge is -2.38. The molecule has 1 rings (SSSR count). The second-order valence-corrected chi connectivity index (χ2v) is 5.79. The Labute approximate surface area is 111 Å². The minimum Gasteiger partial charge on any atom is -0.468 e. The van der Waals surface area contributed by atoms with Crippen LogP contribution < -0.4 is 5.32 Å². The number of carbonyl (C=O) groups excluding carboxylic acids is 1. The van der Waals surface area contributed by atoms with Crippen LogP contribution in [0, 0.1) is 5.92 Å². The first kappa shape index (κ1) is 15.4. The molecule has 1 saturated heterocycles. The van der Waals surface area contributed by atoms with Crippen molar-refractivity contribution in [2.24, 2.45) is 5.92 Å². The van der Waals surface area contributed by atoms with E-state index >= 15 is 0 Å². The number of nitrogens with one attached hydrogen (secondary N) is 1. The highest BCUT2D eigenvalue weighted by Crippen LogP contribution is 2.26. The molecule has 0 amide bonds. The summed E-state index contributed by atoms with van der Waals surface area (Å²) < 4.78 is 5.04. The average molecular weight is 256 g/mol. The van der Waals surface area contributed by atoms with E-state index in [1.807, 2.05) is 6.92 Å². The van der Waals surface area contributed by atoms with Crippen molar-refractivity contribution in [1.82, 2.24) is 10.2 Å². The molecule has 1 aliphatic heterocycles. The highest BCUT2D eigenvalue weighted by Gasteiger charge is 2.40. The Balaban J connectivity index is 2.77. The van der Waals surface area contributed by atoms with Crippen LogP contribution in [0.4, 0.5) is 0 Å². The summed E-state index contributed by atoms with van der Waals surface area (Å²) in [7, 11) is 1.49. The molecule has 0 bridgehead atoms. The van der Waals surface area contributed by atoms with E-state index in [2.05, 4.69) is 24.1 Å². The van der Waals surface area contributed by atoms with Crippen LogP contribution in [0.15, 0.2) is 0 Å². The molecular formula is C14H28N2O2. The first-order valence-electron chi connectivity index (χ1n) is 7.05. The molecule has 1 atom stereocenters. The number of hydrogen-bond acceptors (Lipinski definition) is 4. The van der Waals surface area contributed by atoms with Crippen molar-refractivity contribution in [3.63, 3.8) is 0 Å². The third-order valence-electron chi connectivity index (χ3n) is 3.87. The number of methoxy groups -OCH3 is 1. The summed E-state index contributed by atoms with van der Waals surface area (Å²) in [5.74, 6) is 0.518. The van der Waals surface area contributed by atoms with Crippen molar-refractivity contribution in [3.05, 3.63) is 0 Å². The molecule has 0 spiro atoms. The fourth-order valence-electron chi connectivity index (χ4n) is 2.52. The predicted octanol–water partition coefficient (Wildman–Crippen LogP) is 1.65. The molecule has 0 aromatic carbocycles. The lowest BCUT2D eigenvalue weighted by Crippen LogP contribution is -2.54. The fraction of sp³-hybridized carbons (Fsp3) is 0.929. The zero-order valence-electron chi connectivity index (χ0n) is 12.3. The van der Waals surface area contributed by atoms with E-state index in [0.29, 0.717) is 5.92 Å². The number of carbonyl (C=O) groups is 1. The molecule has 1 heterocycles. The number of hydrogen-bond donors (Lipinski definition) is 1. The van der Waals surface area contributed by atoms with Gasteiger partial charge in [0.05, 0.1) is 7.11 Å². The first-order chi connectivity index (χ1) is 8.50. The van der Waals surface area contributed by atoms with Crippen LogP contribution in [-0.4, -0.2) is 49.7 Å². The smallest absolute Gasteiger partial charge is 0.325 e. The van der Waals surface area contributed by atoms with Crippen molar-refractivity contribution in [2.45, 2.75) is 45.6 Å². The molecule has 1 fully saturated rings. The van der Waals surface area contributed by atoms with E-state index < -0.39 is 5.54 Å². The second kappa shape index (κ2) is 7.10. The van der Waals surface area contributed by atoms with Crippen molar-refractivity contribution in [1.29, 1.82) is 0 Å². The zero-order valence-corrected chi connectivity index (χ0v) is 12.3. The SMILES string of the molecule is COC(=O)C(C)(CCC(C)C)N1CCCNCC1. The van der Waals surface area contributed by atoms with Crippen LogP contribution in [0.25, 0.3) is 0 Å². The van der Waals surface area contributed by atoms with Gasteiger partial charge in [-0.25, -0.2) is 0 Å². The lowest BCUT2D eigenvalue weighted by atomic mass is 9.90. The van der Waals surface area contributed by atoms with Crippen LogP contribution in [-0.2, 0) is 9.53 Å². The summed E-state index contributed by atoms with van der Waals surface area (Å²) >= 11 is 0. The van der Waals surface area contributed by atoms with Gasteiger partial charge in [0.25, 0.3) is 0 Å². The van der Waals surface area contributed by atoms with Gasteiger partial charge in [0.15, 0.2) is 0 Å². The third-order valence-corrected chi connectivity index (χ3v) is 3.87. The Kier molecular flexibility index (Phi) is 6.09. The largest absolute Gasteiger partial charge is 0.468 e. The maximum atomic E-state index is 12.2. The van der Waals surface area contributed by atoms with Gasteiger partial charge >= 0.3 is 5.97 Å². The number of nitrogens with zero attached hydrogens (tertiary/aromatic N) is 1. The van der Waals surface area contributed by atoms with E-state index in [0.717, 1.165) is 45.4 Å². The Morgan fingerprint density at radius 1 is 1.39 bits per heavy atom. The van der Waals surface area contributed by atoms with Crippen LogP contribution >= 0.6 is 0 Å². The van der Waals surface area contributed by atoms with Crippen molar-refractivity contribution in [2.75, 3.05) is 33.3 Å². The highest BCUT2D eigenvalue weighted by atomic mass is 16.5. The summed E-state index contributed by atoms with van der Waals surface area (Å²) in [6.07, 6.45) is 3.02. The van der Waals surface area contributed by atoms with Crippen molar-refractivity contribution >= 4 is 5.97 Å². The minimum atomic E-state index is -0.467. The van der Waals surface area contributed by atoms with E-state index in [1.54, 1.807) is 0 Å². The van der Waals surface area contributed by atoms with E-state index in [1.165, 1.54) is 7.11 Å². The molecule has 0 aromatic heterocycles. The maximum Gasteiger partial charge on any atom is 0.325 e. The van der Waals surface area contributed by atoms with Crippen LogP contribution in [0.2, 0.25) is 0 Å². The molecule has 0 radical (unpaired) electrons. The monoisotopic (exact) mass is 256 g/mol. The van der Waals surface area contributed by atoms with Gasteiger partial charge in [-0.1, -0.05) is 13.8 Å². The van der Waals surface area contributed by atoms with Crippen LogP contribution in [0.5, 0.6) is 0 Å². The molecule has 18 heavy (non-hydrogen) atoms. The van der Waals surface area contributed by atoms with E-state index in [9.17, 15) is 4.79 Å². The first-order valence-corrected chi connectivity index (χ1v) is 7.05. The molecule has 1 aliphatic rings. The predicted molar refractivity (Wildman–Crippen MR) is 73.6 cm³/mol. The van der Waals surface area contributed by atoms with Crippen molar-refractivity contribution < 1.29 is 9.53 Å². The maximum absolute atomic E-state index is 12.2. The lowest BCUT2D eigenvalue weighted by molar-refractivity contribution is -0.155. The normalized spacial score (nSPS) is 21.4. The minimum absolute atomic E-state index is 0.0925. The summed E-state index contributed by atoms with van der Waals surface area (Å²) in [6.45, 7) is 10.3. The highest BCUT2D eigenvalue weighted by molar-refractivity contribution is 5.80. The summed E-state index contributed by atoms with van der Waals surface area (Å²) in [5.41, 5.74) is -0.467. The van der Waals surface area contributed by atoms with Gasteiger partial charge in [0.1, 0.15) is 5.54 Å². The number of esters is 1. The van der Waals surface area contributed by atoms with Gasteiger partial charge in [-0.2, -0.15) is 0 Å². The van der Waals surface area contributed by atoms with Gasteiger partial charge in [0, 0.05) is 19.6 Å². The van der Waals surface area contributed by atoms with E-state index in [-0.39, 0.29) is 5.97 Å². The quantitative estimate of drug-likeness (QED) is 0.760. The molecule has 1 N–H and O–H groups in total. The molecule has 1 unspecified atom stereocenters. The molecule has 4 nitrogen and oxygen atoms in total. The summed E-state index contributed by atoms with van der Waals surface area (Å²) in [4.78, 5) is 14.5. The third kappa shape index (κ3) is 3.95. The average Bonchev–Trinajstić information content (AvgIpc) is 2.64. The van der Waals surface area contributed by atoms with Crippen LogP contribution in [0.3, 0.4) is 0 Å². The van der Waals surface area contributed by atoms with Crippen LogP contribution in [0.1, 0.15) is 40.0 Å². The Bertz CT molecular complexity index is 261. The topological polar surface area (TPSA) is 41.6 Å². The Hall–Kier alpha value is -0.610. The van der Waals surface area contributed by atoms with Gasteiger partial charge in [-0.3, -0.25) is 9.69 Å². The van der Waals surface area contributed by atoms with Gasteiger partial charge < -0.3 is 10.1 Å². The Morgan fingerprint density at radius 2 is 2.11 bits per heavy atom. The fourth-order valence-corrected chi connectivity index (χ4v) is 2.52. The molecule has 106 valence electrons. The standard InChI is InChI=1S/C14H28N2O2/c1-12(2)6-7-14(3,13(17)18-4)16-10-5-8-15-9-11-16/h12,15H,5-11H2,1-4H3. The molecule has 0 aromatic rings. The Morgan fingerprint density at radius 3 is 2.72 bits per heavy atom. The molecule has 0 saturated carbocycles. The van der Waals surface area contributed by atoms with Gasteiger partial charge in [0.2, 0.25) is 0 Å². The summed E-state index contributed by atoms with van der Waals surface area (Å²) in [5, 5.41) is 3.38. The van der Waals surface area contributed by atoms with Crippen molar-refractivity contribution in [3.8, 4) is 0 Å². The van der Waals surface area contributed by atoms with E-state index in [4.69, 9.17) is 4.74 Å².